The van der Waals surface area contributed by atoms with E-state index >= 15 is 0 Å². The van der Waals surface area contributed by atoms with Crippen molar-refractivity contribution in [1.29, 1.82) is 0 Å². The highest BCUT2D eigenvalue weighted by Crippen LogP contribution is 2.29. The highest BCUT2D eigenvalue weighted by molar-refractivity contribution is 6.31. The SMILES string of the molecule is Cc1ccc(C(=O)N/N=C\c2cc(Cl)cc([N+](=O)[O-])c2[O-])cc1. The standard InChI is InChI=1S/C15H12ClN3O4/c1-9-2-4-10(5-3-9)15(21)18-17-8-11-6-12(16)7-13(14(11)20)19(22)23/h2-8,20H,1H3,(H,18,21)/p-1/b17-8-. The van der Waals surface area contributed by atoms with Gasteiger partial charge in [-0.25, -0.2) is 5.43 Å². The molecule has 0 saturated heterocycles. The van der Waals surface area contributed by atoms with Crippen molar-refractivity contribution in [3.8, 4) is 5.75 Å². The van der Waals surface area contributed by atoms with Gasteiger partial charge in [-0.3, -0.25) is 14.9 Å². The minimum absolute atomic E-state index is 0.0302. The molecule has 2 aromatic rings. The molecule has 23 heavy (non-hydrogen) atoms. The molecule has 0 radical (unpaired) electrons. The van der Waals surface area contributed by atoms with Gasteiger partial charge in [-0.15, -0.1) is 0 Å². The number of hydrogen-bond acceptors (Lipinski definition) is 5. The molecule has 2 aromatic carbocycles. The fourth-order valence-electron chi connectivity index (χ4n) is 1.76. The van der Waals surface area contributed by atoms with Crippen LogP contribution >= 0.6 is 11.6 Å². The molecule has 0 atom stereocenters. The lowest BCUT2D eigenvalue weighted by Crippen LogP contribution is -2.17. The van der Waals surface area contributed by atoms with Crippen LogP contribution in [0.25, 0.3) is 0 Å². The number of hydrogen-bond donors (Lipinski definition) is 1. The van der Waals surface area contributed by atoms with Crippen LogP contribution in [0.2, 0.25) is 5.02 Å². The van der Waals surface area contributed by atoms with Crippen LogP contribution in [0, 0.1) is 17.0 Å². The van der Waals surface area contributed by atoms with E-state index < -0.39 is 22.3 Å². The number of amides is 1. The number of nitrogens with one attached hydrogen (secondary N) is 1. The van der Waals surface area contributed by atoms with E-state index in [0.29, 0.717) is 5.56 Å². The molecule has 1 N–H and O–H groups in total. The van der Waals surface area contributed by atoms with E-state index in [9.17, 15) is 20.0 Å². The number of carbonyl (C=O) groups is 1. The van der Waals surface area contributed by atoms with Gasteiger partial charge >= 0.3 is 0 Å². The topological polar surface area (TPSA) is 108 Å². The van der Waals surface area contributed by atoms with Crippen molar-refractivity contribution in [2.75, 3.05) is 0 Å². The summed E-state index contributed by atoms with van der Waals surface area (Å²) in [5.74, 6) is -1.29. The third-order valence-corrected chi connectivity index (χ3v) is 3.16. The molecule has 2 rings (SSSR count). The van der Waals surface area contributed by atoms with Crippen LogP contribution < -0.4 is 10.5 Å². The second-order valence-electron chi connectivity index (χ2n) is 4.67. The summed E-state index contributed by atoms with van der Waals surface area (Å²) in [5, 5.41) is 26.3. The summed E-state index contributed by atoms with van der Waals surface area (Å²) in [4.78, 5) is 21.8. The lowest BCUT2D eigenvalue weighted by molar-refractivity contribution is -0.398. The molecule has 0 heterocycles. The van der Waals surface area contributed by atoms with Gasteiger partial charge in [0.25, 0.3) is 11.6 Å². The molecule has 7 nitrogen and oxygen atoms in total. The normalized spacial score (nSPS) is 10.7. The fraction of sp³-hybridized carbons (Fsp3) is 0.0667. The Kier molecular flexibility index (Phi) is 4.92. The zero-order valence-electron chi connectivity index (χ0n) is 11.9. The number of halogens is 1. The molecule has 8 heteroatoms. The Bertz CT molecular complexity index is 788. The number of hydrazone groups is 1. The lowest BCUT2D eigenvalue weighted by atomic mass is 10.1. The molecule has 0 bridgehead atoms. The maximum atomic E-state index is 11.8. The van der Waals surface area contributed by atoms with E-state index in [1.807, 2.05) is 6.92 Å². The number of nitrogens with zero attached hydrogens (tertiary/aromatic N) is 2. The van der Waals surface area contributed by atoms with Crippen molar-refractivity contribution in [1.82, 2.24) is 5.43 Å². The number of benzene rings is 2. The predicted molar refractivity (Wildman–Crippen MR) is 83.8 cm³/mol. The van der Waals surface area contributed by atoms with Crippen molar-refractivity contribution >= 4 is 29.4 Å². The van der Waals surface area contributed by atoms with Crippen molar-refractivity contribution < 1.29 is 14.8 Å². The molecule has 0 aliphatic rings. The summed E-state index contributed by atoms with van der Waals surface area (Å²) in [6.45, 7) is 1.89. The summed E-state index contributed by atoms with van der Waals surface area (Å²) >= 11 is 5.73. The smallest absolute Gasteiger partial charge is 0.271 e. The summed E-state index contributed by atoms with van der Waals surface area (Å²) in [7, 11) is 0. The van der Waals surface area contributed by atoms with Crippen LogP contribution in [-0.2, 0) is 0 Å². The Morgan fingerprint density at radius 3 is 2.57 bits per heavy atom. The van der Waals surface area contributed by atoms with E-state index in [1.165, 1.54) is 6.07 Å². The number of nitro benzene ring substituents is 1. The summed E-state index contributed by atoms with van der Waals surface area (Å²) < 4.78 is 0. The largest absolute Gasteiger partial charge is 0.867 e. The summed E-state index contributed by atoms with van der Waals surface area (Å²) in [5.41, 5.74) is 2.90. The van der Waals surface area contributed by atoms with Crippen molar-refractivity contribution in [2.24, 2.45) is 5.10 Å². The van der Waals surface area contributed by atoms with Gasteiger partial charge in [0, 0.05) is 16.7 Å². The van der Waals surface area contributed by atoms with Crippen molar-refractivity contribution in [2.45, 2.75) is 6.92 Å². The molecular weight excluding hydrogens is 322 g/mol. The van der Waals surface area contributed by atoms with Gasteiger partial charge in [0.2, 0.25) is 0 Å². The zero-order chi connectivity index (χ0) is 17.0. The van der Waals surface area contributed by atoms with Gasteiger partial charge in [-0.05, 0) is 36.4 Å². The monoisotopic (exact) mass is 332 g/mol. The maximum Gasteiger partial charge on any atom is 0.271 e. The molecule has 0 saturated carbocycles. The Morgan fingerprint density at radius 1 is 1.30 bits per heavy atom. The second-order valence-corrected chi connectivity index (χ2v) is 5.10. The number of nitro groups is 1. The minimum Gasteiger partial charge on any atom is -0.867 e. The van der Waals surface area contributed by atoms with Crippen LogP contribution in [0.3, 0.4) is 0 Å². The second kappa shape index (κ2) is 6.89. The van der Waals surface area contributed by atoms with E-state index in [4.69, 9.17) is 11.6 Å². The van der Waals surface area contributed by atoms with Gasteiger partial charge in [0.1, 0.15) is 0 Å². The Hall–Kier alpha value is -2.93. The Labute approximate surface area is 136 Å². The number of rotatable bonds is 4. The lowest BCUT2D eigenvalue weighted by Gasteiger charge is -2.10. The predicted octanol–water partition coefficient (Wildman–Crippen LogP) is 2.39. The molecule has 1 amide bonds. The van der Waals surface area contributed by atoms with E-state index in [0.717, 1.165) is 17.8 Å². The Morgan fingerprint density at radius 2 is 1.96 bits per heavy atom. The van der Waals surface area contributed by atoms with Gasteiger partial charge in [-0.2, -0.15) is 5.10 Å². The molecule has 0 aliphatic carbocycles. The van der Waals surface area contributed by atoms with Crippen molar-refractivity contribution in [3.63, 3.8) is 0 Å². The van der Waals surface area contributed by atoms with Crippen LogP contribution in [-0.4, -0.2) is 17.0 Å². The van der Waals surface area contributed by atoms with Gasteiger partial charge in [0.15, 0.2) is 0 Å². The third-order valence-electron chi connectivity index (χ3n) is 2.94. The van der Waals surface area contributed by atoms with Gasteiger partial charge in [-0.1, -0.05) is 29.3 Å². The first-order valence-electron chi connectivity index (χ1n) is 6.43. The van der Waals surface area contributed by atoms with E-state index in [-0.39, 0.29) is 10.6 Å². The maximum absolute atomic E-state index is 11.8. The van der Waals surface area contributed by atoms with E-state index in [1.54, 1.807) is 24.3 Å². The fourth-order valence-corrected chi connectivity index (χ4v) is 1.98. The highest BCUT2D eigenvalue weighted by atomic mass is 35.5. The van der Waals surface area contributed by atoms with Crippen molar-refractivity contribution in [3.05, 3.63) is 68.2 Å². The first kappa shape index (κ1) is 16.4. The number of aryl methyl sites for hydroxylation is 1. The first-order chi connectivity index (χ1) is 10.9. The highest BCUT2D eigenvalue weighted by Gasteiger charge is 2.11. The van der Waals surface area contributed by atoms with Crippen LogP contribution in [0.15, 0.2) is 41.5 Å². The summed E-state index contributed by atoms with van der Waals surface area (Å²) in [6.07, 6.45) is 1.02. The average Bonchev–Trinajstić information content (AvgIpc) is 2.50. The molecule has 0 fully saturated rings. The molecular formula is C15H11ClN3O4-. The van der Waals surface area contributed by atoms with Crippen LogP contribution in [0.5, 0.6) is 5.75 Å². The van der Waals surface area contributed by atoms with Gasteiger partial charge in [0.05, 0.1) is 11.1 Å². The van der Waals surface area contributed by atoms with Gasteiger partial charge < -0.3 is 5.11 Å². The molecule has 0 aliphatic heterocycles. The quantitative estimate of drug-likeness (QED) is 0.526. The summed E-state index contributed by atoms with van der Waals surface area (Å²) in [6, 6.07) is 9.00. The minimum atomic E-state index is -0.826. The van der Waals surface area contributed by atoms with Crippen LogP contribution in [0.4, 0.5) is 5.69 Å². The van der Waals surface area contributed by atoms with Crippen LogP contribution in [0.1, 0.15) is 21.5 Å². The average molecular weight is 333 g/mol. The number of carbonyl (C=O) groups excluding carboxylic acids is 1. The first-order valence-corrected chi connectivity index (χ1v) is 6.81. The van der Waals surface area contributed by atoms with E-state index in [2.05, 4.69) is 10.5 Å². The molecule has 0 aromatic heterocycles. The zero-order valence-corrected chi connectivity index (χ0v) is 12.7. The molecule has 0 spiro atoms. The molecule has 118 valence electrons. The third kappa shape index (κ3) is 4.04. The Balaban J connectivity index is 2.16. The molecule has 0 unspecified atom stereocenters.